The van der Waals surface area contributed by atoms with Crippen LogP contribution in [-0.4, -0.2) is 31.2 Å². The molecule has 0 unspecified atom stereocenters. The number of ether oxygens (including phenoxy) is 2. The van der Waals surface area contributed by atoms with Crippen molar-refractivity contribution in [1.29, 1.82) is 0 Å². The van der Waals surface area contributed by atoms with Gasteiger partial charge >= 0.3 is 5.97 Å². The van der Waals surface area contributed by atoms with Gasteiger partial charge < -0.3 is 19.9 Å². The summed E-state index contributed by atoms with van der Waals surface area (Å²) in [7, 11) is 3.01. The molecule has 0 radical (unpaired) electrons. The Kier molecular flexibility index (Phi) is 5.32. The first kappa shape index (κ1) is 18.3. The molecule has 0 saturated carbocycles. The van der Waals surface area contributed by atoms with Crippen LogP contribution in [-0.2, 0) is 10.2 Å². The number of anilines is 1. The molecule has 0 bridgehead atoms. The second-order valence-corrected chi connectivity index (χ2v) is 6.03. The molecule has 0 saturated heterocycles. The molecule has 0 heterocycles. The first-order valence-electron chi connectivity index (χ1n) is 7.67. The topological polar surface area (TPSA) is 84.9 Å². The van der Waals surface area contributed by atoms with Crippen molar-refractivity contribution in [2.45, 2.75) is 19.3 Å². The lowest BCUT2D eigenvalue weighted by Crippen LogP contribution is -2.28. The van der Waals surface area contributed by atoms with Crippen LogP contribution >= 0.6 is 0 Å². The van der Waals surface area contributed by atoms with E-state index in [0.717, 1.165) is 0 Å². The highest BCUT2D eigenvalue weighted by molar-refractivity contribution is 6.06. The predicted octanol–water partition coefficient (Wildman–Crippen LogP) is 3.32. The molecular formula is C19H21NO5. The Morgan fingerprint density at radius 3 is 2.16 bits per heavy atom. The third-order valence-electron chi connectivity index (χ3n) is 4.05. The number of carboxylic acids is 1. The van der Waals surface area contributed by atoms with E-state index in [1.165, 1.54) is 14.2 Å². The van der Waals surface area contributed by atoms with Crippen LogP contribution in [0.4, 0.5) is 5.69 Å². The van der Waals surface area contributed by atoms with Crippen LogP contribution < -0.4 is 14.8 Å². The summed E-state index contributed by atoms with van der Waals surface area (Å²) in [5, 5.41) is 12.0. The van der Waals surface area contributed by atoms with Gasteiger partial charge in [0, 0.05) is 5.69 Å². The Labute approximate surface area is 146 Å². The van der Waals surface area contributed by atoms with Gasteiger partial charge in [0.2, 0.25) is 0 Å². The summed E-state index contributed by atoms with van der Waals surface area (Å²) < 4.78 is 10.4. The number of methoxy groups -OCH3 is 2. The maximum absolute atomic E-state index is 12.5. The van der Waals surface area contributed by atoms with Crippen LogP contribution in [0.1, 0.15) is 29.8 Å². The molecule has 1 amide bonds. The van der Waals surface area contributed by atoms with Crippen LogP contribution in [0.3, 0.4) is 0 Å². The van der Waals surface area contributed by atoms with Crippen LogP contribution in [0.15, 0.2) is 42.5 Å². The van der Waals surface area contributed by atoms with Gasteiger partial charge in [0.05, 0.1) is 25.2 Å². The lowest BCUT2D eigenvalue weighted by Gasteiger charge is -2.20. The van der Waals surface area contributed by atoms with Gasteiger partial charge in [-0.3, -0.25) is 9.59 Å². The highest BCUT2D eigenvalue weighted by atomic mass is 16.5. The minimum Gasteiger partial charge on any atom is -0.497 e. The minimum atomic E-state index is -1.00. The number of hydrogen-bond donors (Lipinski definition) is 2. The van der Waals surface area contributed by atoms with E-state index in [-0.39, 0.29) is 5.91 Å². The Bertz CT molecular complexity index is 781. The van der Waals surface area contributed by atoms with E-state index < -0.39 is 11.4 Å². The van der Waals surface area contributed by atoms with E-state index in [1.807, 2.05) is 0 Å². The number of hydrogen-bond acceptors (Lipinski definition) is 4. The van der Waals surface area contributed by atoms with Crippen molar-refractivity contribution in [3.63, 3.8) is 0 Å². The summed E-state index contributed by atoms with van der Waals surface area (Å²) in [6.45, 7) is 3.26. The molecule has 2 rings (SSSR count). The number of nitrogens with one attached hydrogen (secondary N) is 1. The second-order valence-electron chi connectivity index (χ2n) is 6.03. The summed E-state index contributed by atoms with van der Waals surface area (Å²) in [6.07, 6.45) is 0. The minimum absolute atomic E-state index is 0.344. The number of rotatable bonds is 6. The van der Waals surface area contributed by atoms with Crippen molar-refractivity contribution < 1.29 is 24.2 Å². The van der Waals surface area contributed by atoms with Crippen molar-refractivity contribution in [1.82, 2.24) is 0 Å². The number of carboxylic acid groups (broad SMARTS) is 1. The third-order valence-corrected chi connectivity index (χ3v) is 4.05. The van der Waals surface area contributed by atoms with Crippen LogP contribution in [0.25, 0.3) is 0 Å². The van der Waals surface area contributed by atoms with Crippen LogP contribution in [0, 0.1) is 0 Å². The molecule has 6 nitrogen and oxygen atoms in total. The Morgan fingerprint density at radius 1 is 1.00 bits per heavy atom. The molecule has 6 heteroatoms. The number of carbonyl (C=O) groups excluding carboxylic acids is 1. The zero-order valence-electron chi connectivity index (χ0n) is 14.6. The van der Waals surface area contributed by atoms with E-state index in [0.29, 0.717) is 28.3 Å². The summed E-state index contributed by atoms with van der Waals surface area (Å²) in [6, 6.07) is 11.7. The zero-order chi connectivity index (χ0) is 18.6. The van der Waals surface area contributed by atoms with E-state index in [2.05, 4.69) is 5.32 Å². The molecule has 0 aliphatic rings. The number of carbonyl (C=O) groups is 2. The van der Waals surface area contributed by atoms with Crippen LogP contribution in [0.2, 0.25) is 0 Å². The summed E-state index contributed by atoms with van der Waals surface area (Å²) in [5.74, 6) is -0.280. The number of aliphatic carboxylic acids is 1. The summed E-state index contributed by atoms with van der Waals surface area (Å²) in [5.41, 5.74) is 0.548. The summed E-state index contributed by atoms with van der Waals surface area (Å²) in [4.78, 5) is 23.8. The average Bonchev–Trinajstić information content (AvgIpc) is 2.61. The fraction of sp³-hybridized carbons (Fsp3) is 0.263. The van der Waals surface area contributed by atoms with Crippen molar-refractivity contribution in [3.8, 4) is 11.5 Å². The molecule has 0 spiro atoms. The molecule has 2 aromatic rings. The largest absolute Gasteiger partial charge is 0.497 e. The van der Waals surface area contributed by atoms with Crippen molar-refractivity contribution in [3.05, 3.63) is 53.6 Å². The number of benzene rings is 2. The van der Waals surface area contributed by atoms with Gasteiger partial charge in [0.1, 0.15) is 11.5 Å². The van der Waals surface area contributed by atoms with Gasteiger partial charge in [-0.15, -0.1) is 0 Å². The average molecular weight is 343 g/mol. The molecule has 132 valence electrons. The first-order valence-corrected chi connectivity index (χ1v) is 7.67. The molecule has 0 atom stereocenters. The fourth-order valence-corrected chi connectivity index (χ4v) is 2.28. The van der Waals surface area contributed by atoms with Gasteiger partial charge in [-0.05, 0) is 49.7 Å². The van der Waals surface area contributed by atoms with Gasteiger partial charge in [-0.1, -0.05) is 12.1 Å². The maximum Gasteiger partial charge on any atom is 0.313 e. The van der Waals surface area contributed by atoms with E-state index >= 15 is 0 Å². The predicted molar refractivity (Wildman–Crippen MR) is 94.6 cm³/mol. The normalized spacial score (nSPS) is 10.9. The molecule has 0 fully saturated rings. The molecular weight excluding hydrogens is 322 g/mol. The van der Waals surface area contributed by atoms with Crippen molar-refractivity contribution in [2.24, 2.45) is 0 Å². The molecule has 25 heavy (non-hydrogen) atoms. The zero-order valence-corrected chi connectivity index (χ0v) is 14.6. The first-order chi connectivity index (χ1) is 11.8. The summed E-state index contributed by atoms with van der Waals surface area (Å²) >= 11 is 0. The molecule has 2 N–H and O–H groups in total. The smallest absolute Gasteiger partial charge is 0.313 e. The van der Waals surface area contributed by atoms with Crippen LogP contribution in [0.5, 0.6) is 11.5 Å². The SMILES string of the molecule is COc1ccc(OC)c(C(=O)Nc2ccc(C(C)(C)C(=O)O)cc2)c1. The molecule has 0 aliphatic heterocycles. The van der Waals surface area contributed by atoms with Crippen molar-refractivity contribution in [2.75, 3.05) is 19.5 Å². The Balaban J connectivity index is 2.23. The van der Waals surface area contributed by atoms with Gasteiger partial charge in [0.25, 0.3) is 5.91 Å². The van der Waals surface area contributed by atoms with Gasteiger partial charge in [-0.2, -0.15) is 0 Å². The van der Waals surface area contributed by atoms with E-state index in [9.17, 15) is 14.7 Å². The standard InChI is InChI=1S/C19H21NO5/c1-19(2,18(22)23)12-5-7-13(8-6-12)20-17(21)15-11-14(24-3)9-10-16(15)25-4/h5-11H,1-4H3,(H,20,21)(H,22,23). The van der Waals surface area contributed by atoms with E-state index in [1.54, 1.807) is 56.3 Å². The monoisotopic (exact) mass is 343 g/mol. The highest BCUT2D eigenvalue weighted by Crippen LogP contribution is 2.27. The fourth-order valence-electron chi connectivity index (χ4n) is 2.28. The Hall–Kier alpha value is -3.02. The van der Waals surface area contributed by atoms with E-state index in [4.69, 9.17) is 9.47 Å². The van der Waals surface area contributed by atoms with Gasteiger partial charge in [-0.25, -0.2) is 0 Å². The molecule has 2 aromatic carbocycles. The second kappa shape index (κ2) is 7.25. The Morgan fingerprint density at radius 2 is 1.64 bits per heavy atom. The lowest BCUT2D eigenvalue weighted by atomic mass is 9.85. The van der Waals surface area contributed by atoms with Gasteiger partial charge in [0.15, 0.2) is 0 Å². The lowest BCUT2D eigenvalue weighted by molar-refractivity contribution is -0.142. The molecule has 0 aromatic heterocycles. The third kappa shape index (κ3) is 3.91. The van der Waals surface area contributed by atoms with Crippen molar-refractivity contribution >= 4 is 17.6 Å². The number of amides is 1. The maximum atomic E-state index is 12.5. The molecule has 0 aliphatic carbocycles. The highest BCUT2D eigenvalue weighted by Gasteiger charge is 2.29. The quantitative estimate of drug-likeness (QED) is 0.840.